The number of halogens is 1. The SMILES string of the molecule is CNC(CCCl)c1ccc2nc(C)oc2c1. The number of nitrogens with one attached hydrogen (secondary N) is 1. The molecule has 0 saturated carbocycles. The Kier molecular flexibility index (Phi) is 3.46. The largest absolute Gasteiger partial charge is 0.441 e. The molecule has 0 spiro atoms. The van der Waals surface area contributed by atoms with Gasteiger partial charge < -0.3 is 9.73 Å². The second-order valence-corrected chi connectivity index (χ2v) is 4.16. The molecule has 2 aromatic rings. The number of fused-ring (bicyclic) bond motifs is 1. The summed E-state index contributed by atoms with van der Waals surface area (Å²) in [5.74, 6) is 1.34. The summed E-state index contributed by atoms with van der Waals surface area (Å²) in [5, 5.41) is 3.24. The number of rotatable bonds is 4. The highest BCUT2D eigenvalue weighted by atomic mass is 35.5. The Labute approximate surface area is 99.8 Å². The summed E-state index contributed by atoms with van der Waals surface area (Å²) in [5.41, 5.74) is 2.93. The predicted octanol–water partition coefficient (Wildman–Crippen LogP) is 3.03. The van der Waals surface area contributed by atoms with Crippen molar-refractivity contribution in [1.82, 2.24) is 10.3 Å². The van der Waals surface area contributed by atoms with Gasteiger partial charge in [0.2, 0.25) is 0 Å². The zero-order valence-electron chi connectivity index (χ0n) is 9.46. The summed E-state index contributed by atoms with van der Waals surface area (Å²) in [6.45, 7) is 1.86. The van der Waals surface area contributed by atoms with Crippen LogP contribution >= 0.6 is 11.6 Å². The van der Waals surface area contributed by atoms with Crippen LogP contribution in [0.1, 0.15) is 23.9 Å². The van der Waals surface area contributed by atoms with E-state index >= 15 is 0 Å². The molecule has 0 aliphatic carbocycles. The van der Waals surface area contributed by atoms with E-state index in [4.69, 9.17) is 16.0 Å². The van der Waals surface area contributed by atoms with Crippen molar-refractivity contribution >= 4 is 22.7 Å². The third kappa shape index (κ3) is 2.20. The zero-order valence-corrected chi connectivity index (χ0v) is 10.2. The standard InChI is InChI=1S/C12H15ClN2O/c1-8-15-11-4-3-9(7-12(11)16-8)10(14-2)5-6-13/h3-4,7,10,14H,5-6H2,1-2H3. The Bertz CT molecular complexity index is 481. The number of hydrogen-bond acceptors (Lipinski definition) is 3. The third-order valence-corrected chi connectivity index (χ3v) is 2.89. The van der Waals surface area contributed by atoms with Crippen LogP contribution in [-0.2, 0) is 0 Å². The van der Waals surface area contributed by atoms with Crippen molar-refractivity contribution in [2.75, 3.05) is 12.9 Å². The van der Waals surface area contributed by atoms with Crippen molar-refractivity contribution in [2.24, 2.45) is 0 Å². The quantitative estimate of drug-likeness (QED) is 0.833. The van der Waals surface area contributed by atoms with E-state index in [1.807, 2.05) is 26.1 Å². The molecule has 1 N–H and O–H groups in total. The fraction of sp³-hybridized carbons (Fsp3) is 0.417. The first-order valence-corrected chi connectivity index (χ1v) is 5.88. The van der Waals surface area contributed by atoms with E-state index in [1.165, 1.54) is 5.56 Å². The normalized spacial score (nSPS) is 13.2. The van der Waals surface area contributed by atoms with Crippen molar-refractivity contribution in [3.8, 4) is 0 Å². The summed E-state index contributed by atoms with van der Waals surface area (Å²) in [6.07, 6.45) is 0.899. The minimum Gasteiger partial charge on any atom is -0.441 e. The lowest BCUT2D eigenvalue weighted by Gasteiger charge is -2.14. The van der Waals surface area contributed by atoms with Crippen LogP contribution in [0.2, 0.25) is 0 Å². The molecule has 1 aromatic carbocycles. The van der Waals surface area contributed by atoms with Crippen LogP contribution in [0.3, 0.4) is 0 Å². The molecule has 0 bridgehead atoms. The Morgan fingerprint density at radius 2 is 2.31 bits per heavy atom. The molecule has 0 aliphatic rings. The lowest BCUT2D eigenvalue weighted by atomic mass is 10.0. The molecule has 0 saturated heterocycles. The highest BCUT2D eigenvalue weighted by Gasteiger charge is 2.10. The van der Waals surface area contributed by atoms with Gasteiger partial charge in [-0.2, -0.15) is 0 Å². The Morgan fingerprint density at radius 3 is 3.00 bits per heavy atom. The van der Waals surface area contributed by atoms with Crippen molar-refractivity contribution in [3.63, 3.8) is 0 Å². The zero-order chi connectivity index (χ0) is 11.5. The number of benzene rings is 1. The summed E-state index contributed by atoms with van der Waals surface area (Å²) < 4.78 is 5.51. The van der Waals surface area contributed by atoms with Crippen LogP contribution in [0, 0.1) is 6.92 Å². The highest BCUT2D eigenvalue weighted by molar-refractivity contribution is 6.17. The predicted molar refractivity (Wildman–Crippen MR) is 65.9 cm³/mol. The van der Waals surface area contributed by atoms with Gasteiger partial charge in [-0.25, -0.2) is 4.98 Å². The lowest BCUT2D eigenvalue weighted by Crippen LogP contribution is -2.16. The van der Waals surface area contributed by atoms with Gasteiger partial charge in [0.25, 0.3) is 0 Å². The molecule has 0 amide bonds. The van der Waals surface area contributed by atoms with Gasteiger partial charge in [-0.3, -0.25) is 0 Å². The number of alkyl halides is 1. The first-order valence-electron chi connectivity index (χ1n) is 5.35. The van der Waals surface area contributed by atoms with Gasteiger partial charge in [-0.1, -0.05) is 6.07 Å². The monoisotopic (exact) mass is 238 g/mol. The van der Waals surface area contributed by atoms with E-state index < -0.39 is 0 Å². The first kappa shape index (κ1) is 11.4. The smallest absolute Gasteiger partial charge is 0.192 e. The molecule has 86 valence electrons. The van der Waals surface area contributed by atoms with Crippen LogP contribution in [-0.4, -0.2) is 17.9 Å². The van der Waals surface area contributed by atoms with E-state index in [0.29, 0.717) is 11.8 Å². The van der Waals surface area contributed by atoms with Crippen LogP contribution in [0.5, 0.6) is 0 Å². The fourth-order valence-corrected chi connectivity index (χ4v) is 2.08. The highest BCUT2D eigenvalue weighted by Crippen LogP contribution is 2.23. The maximum absolute atomic E-state index is 5.77. The topological polar surface area (TPSA) is 38.1 Å². The van der Waals surface area contributed by atoms with Crippen LogP contribution in [0.4, 0.5) is 0 Å². The van der Waals surface area contributed by atoms with E-state index in [9.17, 15) is 0 Å². The number of aromatic nitrogens is 1. The number of nitrogens with zero attached hydrogens (tertiary/aromatic N) is 1. The van der Waals surface area contributed by atoms with Gasteiger partial charge in [0.15, 0.2) is 11.5 Å². The van der Waals surface area contributed by atoms with Crippen molar-refractivity contribution in [2.45, 2.75) is 19.4 Å². The second kappa shape index (κ2) is 4.85. The van der Waals surface area contributed by atoms with Crippen molar-refractivity contribution < 1.29 is 4.42 Å². The van der Waals surface area contributed by atoms with E-state index in [0.717, 1.165) is 17.5 Å². The molecule has 1 heterocycles. The van der Waals surface area contributed by atoms with E-state index in [2.05, 4.69) is 16.4 Å². The summed E-state index contributed by atoms with van der Waals surface area (Å²) >= 11 is 5.77. The molecular weight excluding hydrogens is 224 g/mol. The van der Waals surface area contributed by atoms with Gasteiger partial charge in [-0.15, -0.1) is 11.6 Å². The maximum atomic E-state index is 5.77. The van der Waals surface area contributed by atoms with Gasteiger partial charge in [0, 0.05) is 18.8 Å². The van der Waals surface area contributed by atoms with Crippen LogP contribution in [0.25, 0.3) is 11.1 Å². The maximum Gasteiger partial charge on any atom is 0.192 e. The van der Waals surface area contributed by atoms with Gasteiger partial charge in [-0.05, 0) is 31.2 Å². The summed E-state index contributed by atoms with van der Waals surface area (Å²) in [6, 6.07) is 6.35. The molecule has 0 fully saturated rings. The van der Waals surface area contributed by atoms with Gasteiger partial charge in [0.1, 0.15) is 5.52 Å². The summed E-state index contributed by atoms with van der Waals surface area (Å²) in [7, 11) is 1.94. The molecule has 0 aliphatic heterocycles. The molecule has 4 heteroatoms. The Morgan fingerprint density at radius 1 is 1.50 bits per heavy atom. The average Bonchev–Trinajstić information content (AvgIpc) is 2.64. The minimum atomic E-state index is 0.271. The molecule has 16 heavy (non-hydrogen) atoms. The van der Waals surface area contributed by atoms with E-state index in [-0.39, 0.29) is 6.04 Å². The molecule has 0 radical (unpaired) electrons. The number of aryl methyl sites for hydroxylation is 1. The molecule has 1 aromatic heterocycles. The fourth-order valence-electron chi connectivity index (χ4n) is 1.86. The first-order chi connectivity index (χ1) is 7.74. The Hall–Kier alpha value is -1.06. The summed E-state index contributed by atoms with van der Waals surface area (Å²) in [4.78, 5) is 4.27. The van der Waals surface area contributed by atoms with Crippen molar-refractivity contribution in [1.29, 1.82) is 0 Å². The third-order valence-electron chi connectivity index (χ3n) is 2.67. The van der Waals surface area contributed by atoms with Crippen molar-refractivity contribution in [3.05, 3.63) is 29.7 Å². The molecule has 1 atom stereocenters. The number of oxazole rings is 1. The molecule has 3 nitrogen and oxygen atoms in total. The van der Waals surface area contributed by atoms with Gasteiger partial charge >= 0.3 is 0 Å². The average molecular weight is 239 g/mol. The molecular formula is C12H15ClN2O. The van der Waals surface area contributed by atoms with Crippen LogP contribution < -0.4 is 5.32 Å². The minimum absolute atomic E-state index is 0.271. The van der Waals surface area contributed by atoms with Crippen LogP contribution in [0.15, 0.2) is 22.6 Å². The second-order valence-electron chi connectivity index (χ2n) is 3.78. The molecule has 1 unspecified atom stereocenters. The number of hydrogen-bond donors (Lipinski definition) is 1. The lowest BCUT2D eigenvalue weighted by molar-refractivity contribution is 0.555. The van der Waals surface area contributed by atoms with E-state index in [1.54, 1.807) is 0 Å². The van der Waals surface area contributed by atoms with Gasteiger partial charge in [0.05, 0.1) is 0 Å². The molecule has 2 rings (SSSR count). The Balaban J connectivity index is 2.36.